The van der Waals surface area contributed by atoms with Crippen molar-refractivity contribution in [3.63, 3.8) is 0 Å². The quantitative estimate of drug-likeness (QED) is 0.706. The van der Waals surface area contributed by atoms with Crippen molar-refractivity contribution in [2.45, 2.75) is 59.4 Å². The average Bonchev–Trinajstić information content (AvgIpc) is 2.66. The molecule has 0 fully saturated rings. The molecule has 21 heavy (non-hydrogen) atoms. The van der Waals surface area contributed by atoms with Gasteiger partial charge in [0.05, 0.1) is 5.69 Å². The first-order chi connectivity index (χ1) is 9.57. The lowest BCUT2D eigenvalue weighted by atomic mass is 9.82. The van der Waals surface area contributed by atoms with E-state index < -0.39 is 0 Å². The highest BCUT2D eigenvalue weighted by Crippen LogP contribution is 2.26. The number of carbonyl (C=O) groups is 1. The molecule has 0 spiro atoms. The number of aryl methyl sites for hydroxylation is 1. The Labute approximate surface area is 131 Å². The standard InChI is InChI=1S/C15H28N4OS/c1-14(2,3)10-15(4,5)19-13(20)17-8-6-7-11-9-21-12(16)18-11/h9H,6-8,10H2,1-5H3,(H2,16,18)(H2,17,19,20). The smallest absolute Gasteiger partial charge is 0.315 e. The lowest BCUT2D eigenvalue weighted by Crippen LogP contribution is -2.50. The van der Waals surface area contributed by atoms with Crippen molar-refractivity contribution >= 4 is 22.5 Å². The zero-order chi connectivity index (χ0) is 16.1. The zero-order valence-electron chi connectivity index (χ0n) is 13.7. The molecular weight excluding hydrogens is 284 g/mol. The molecule has 1 aromatic heterocycles. The van der Waals surface area contributed by atoms with Crippen molar-refractivity contribution in [2.75, 3.05) is 12.3 Å². The minimum Gasteiger partial charge on any atom is -0.375 e. The molecule has 0 atom stereocenters. The van der Waals surface area contributed by atoms with Gasteiger partial charge in [-0.15, -0.1) is 11.3 Å². The van der Waals surface area contributed by atoms with Crippen molar-refractivity contribution in [2.24, 2.45) is 5.41 Å². The van der Waals surface area contributed by atoms with Gasteiger partial charge in [0.25, 0.3) is 0 Å². The van der Waals surface area contributed by atoms with Gasteiger partial charge in [-0.05, 0) is 38.5 Å². The number of urea groups is 1. The van der Waals surface area contributed by atoms with Gasteiger partial charge in [0.15, 0.2) is 5.13 Å². The van der Waals surface area contributed by atoms with Crippen molar-refractivity contribution in [3.05, 3.63) is 11.1 Å². The van der Waals surface area contributed by atoms with Gasteiger partial charge in [-0.1, -0.05) is 20.8 Å². The highest BCUT2D eigenvalue weighted by atomic mass is 32.1. The van der Waals surface area contributed by atoms with Crippen LogP contribution in [0.3, 0.4) is 0 Å². The molecule has 0 aliphatic heterocycles. The Hall–Kier alpha value is -1.30. The van der Waals surface area contributed by atoms with Gasteiger partial charge >= 0.3 is 6.03 Å². The van der Waals surface area contributed by atoms with E-state index in [4.69, 9.17) is 5.73 Å². The molecule has 0 radical (unpaired) electrons. The van der Waals surface area contributed by atoms with Crippen molar-refractivity contribution in [1.29, 1.82) is 0 Å². The first kappa shape index (κ1) is 17.8. The summed E-state index contributed by atoms with van der Waals surface area (Å²) in [5, 5.41) is 8.48. The summed E-state index contributed by atoms with van der Waals surface area (Å²) in [7, 11) is 0. The highest BCUT2D eigenvalue weighted by Gasteiger charge is 2.26. The fourth-order valence-electron chi connectivity index (χ4n) is 2.63. The third kappa shape index (κ3) is 7.90. The number of rotatable bonds is 6. The van der Waals surface area contributed by atoms with Crippen molar-refractivity contribution in [1.82, 2.24) is 15.6 Å². The molecule has 0 bridgehead atoms. The van der Waals surface area contributed by atoms with Gasteiger partial charge in [0, 0.05) is 17.5 Å². The molecule has 0 saturated carbocycles. The SMILES string of the molecule is CC(C)(C)CC(C)(C)NC(=O)NCCCc1csc(N)n1. The molecule has 5 nitrogen and oxygen atoms in total. The maximum Gasteiger partial charge on any atom is 0.315 e. The van der Waals surface area contributed by atoms with Crippen molar-refractivity contribution < 1.29 is 4.79 Å². The van der Waals surface area contributed by atoms with Crippen LogP contribution in [0.1, 0.15) is 53.2 Å². The second-order valence-corrected chi connectivity index (χ2v) is 8.17. The van der Waals surface area contributed by atoms with Crippen LogP contribution >= 0.6 is 11.3 Å². The van der Waals surface area contributed by atoms with E-state index in [0.29, 0.717) is 11.7 Å². The molecule has 1 aromatic rings. The van der Waals surface area contributed by atoms with Gasteiger partial charge < -0.3 is 16.4 Å². The summed E-state index contributed by atoms with van der Waals surface area (Å²) in [6.45, 7) is 11.3. The van der Waals surface area contributed by atoms with E-state index in [-0.39, 0.29) is 17.0 Å². The summed E-state index contributed by atoms with van der Waals surface area (Å²) in [5.41, 5.74) is 6.54. The molecule has 0 aliphatic rings. The second kappa shape index (κ2) is 7.11. The van der Waals surface area contributed by atoms with Gasteiger partial charge in [0.2, 0.25) is 0 Å². The second-order valence-electron chi connectivity index (χ2n) is 7.28. The Bertz CT molecular complexity index is 462. The summed E-state index contributed by atoms with van der Waals surface area (Å²) in [6.07, 6.45) is 2.61. The largest absolute Gasteiger partial charge is 0.375 e. The van der Waals surface area contributed by atoms with E-state index >= 15 is 0 Å². The lowest BCUT2D eigenvalue weighted by molar-refractivity contribution is 0.210. The van der Waals surface area contributed by atoms with Crippen LogP contribution in [-0.2, 0) is 6.42 Å². The number of aromatic nitrogens is 1. The number of nitrogen functional groups attached to an aromatic ring is 1. The van der Waals surface area contributed by atoms with Gasteiger partial charge in [0.1, 0.15) is 0 Å². The molecule has 0 aliphatic carbocycles. The summed E-state index contributed by atoms with van der Waals surface area (Å²) in [6, 6.07) is -0.109. The van der Waals surface area contributed by atoms with Crippen LogP contribution in [-0.4, -0.2) is 23.1 Å². The van der Waals surface area contributed by atoms with Crippen LogP contribution in [0.5, 0.6) is 0 Å². The predicted molar refractivity (Wildman–Crippen MR) is 89.5 cm³/mol. The zero-order valence-corrected chi connectivity index (χ0v) is 14.6. The predicted octanol–water partition coefficient (Wildman–Crippen LogP) is 3.17. The molecule has 0 unspecified atom stereocenters. The number of nitrogens with zero attached hydrogens (tertiary/aromatic N) is 1. The maximum absolute atomic E-state index is 11.9. The number of thiazole rings is 1. The van der Waals surface area contributed by atoms with Crippen LogP contribution in [0, 0.1) is 5.41 Å². The molecular formula is C15H28N4OS. The van der Waals surface area contributed by atoms with E-state index in [2.05, 4.69) is 50.2 Å². The third-order valence-electron chi connectivity index (χ3n) is 2.89. The van der Waals surface area contributed by atoms with E-state index in [1.165, 1.54) is 11.3 Å². The van der Waals surface area contributed by atoms with Gasteiger partial charge in [-0.25, -0.2) is 9.78 Å². The molecule has 4 N–H and O–H groups in total. The summed E-state index contributed by atoms with van der Waals surface area (Å²) in [4.78, 5) is 16.1. The Kier molecular flexibility index (Phi) is 6.01. The highest BCUT2D eigenvalue weighted by molar-refractivity contribution is 7.13. The molecule has 0 aromatic carbocycles. The first-order valence-electron chi connectivity index (χ1n) is 7.33. The summed E-state index contributed by atoms with van der Waals surface area (Å²) < 4.78 is 0. The van der Waals surface area contributed by atoms with Gasteiger partial charge in [-0.3, -0.25) is 0 Å². The fourth-order valence-corrected chi connectivity index (χ4v) is 3.23. The Morgan fingerprint density at radius 1 is 1.33 bits per heavy atom. The number of hydrogen-bond acceptors (Lipinski definition) is 4. The number of carbonyl (C=O) groups excluding carboxylic acids is 1. The molecule has 0 saturated heterocycles. The number of amides is 2. The average molecular weight is 312 g/mol. The van der Waals surface area contributed by atoms with Crippen molar-refractivity contribution in [3.8, 4) is 0 Å². The fraction of sp³-hybridized carbons (Fsp3) is 0.733. The van der Waals surface area contributed by atoms with Gasteiger partial charge in [-0.2, -0.15) is 0 Å². The maximum atomic E-state index is 11.9. The van der Waals surface area contributed by atoms with Crippen LogP contribution < -0.4 is 16.4 Å². The minimum atomic E-state index is -0.217. The number of hydrogen-bond donors (Lipinski definition) is 3. The van der Waals surface area contributed by atoms with Crippen LogP contribution in [0.25, 0.3) is 0 Å². The Morgan fingerprint density at radius 3 is 2.52 bits per heavy atom. The molecule has 2 amide bonds. The molecule has 6 heteroatoms. The lowest BCUT2D eigenvalue weighted by Gasteiger charge is -2.33. The topological polar surface area (TPSA) is 80.0 Å². The van der Waals surface area contributed by atoms with Crippen LogP contribution in [0.15, 0.2) is 5.38 Å². The van der Waals surface area contributed by atoms with Crippen LogP contribution in [0.4, 0.5) is 9.93 Å². The third-order valence-corrected chi connectivity index (χ3v) is 3.61. The van der Waals surface area contributed by atoms with E-state index in [1.54, 1.807) is 0 Å². The molecule has 1 heterocycles. The Morgan fingerprint density at radius 2 is 2.00 bits per heavy atom. The number of nitrogens with one attached hydrogen (secondary N) is 2. The normalized spacial score (nSPS) is 12.2. The number of anilines is 1. The molecule has 1 rings (SSSR count). The number of nitrogens with two attached hydrogens (primary N) is 1. The van der Waals surface area contributed by atoms with E-state index in [0.717, 1.165) is 25.0 Å². The van der Waals surface area contributed by atoms with E-state index in [1.807, 2.05) is 5.38 Å². The van der Waals surface area contributed by atoms with E-state index in [9.17, 15) is 4.79 Å². The summed E-state index contributed by atoms with van der Waals surface area (Å²) in [5.74, 6) is 0. The Balaban J connectivity index is 2.24. The monoisotopic (exact) mass is 312 g/mol. The van der Waals surface area contributed by atoms with Crippen LogP contribution in [0.2, 0.25) is 0 Å². The summed E-state index contributed by atoms with van der Waals surface area (Å²) >= 11 is 1.45. The minimum absolute atomic E-state index is 0.109. The molecule has 120 valence electrons. The first-order valence-corrected chi connectivity index (χ1v) is 8.21.